The Labute approximate surface area is 78.7 Å². The zero-order valence-electron chi connectivity index (χ0n) is 6.99. The quantitative estimate of drug-likeness (QED) is 0.301. The molecule has 0 N–H and O–H groups in total. The number of nitrogens with zero attached hydrogens (tertiary/aromatic N) is 2. The molecule has 6 heteroatoms. The van der Waals surface area contributed by atoms with E-state index in [1.165, 1.54) is 18.3 Å². The van der Waals surface area contributed by atoms with Gasteiger partial charge in [0.05, 0.1) is 4.92 Å². The molecule has 1 heterocycles. The van der Waals surface area contributed by atoms with Gasteiger partial charge in [-0.25, -0.2) is 0 Å². The van der Waals surface area contributed by atoms with Gasteiger partial charge in [0.25, 0.3) is 5.69 Å². The molecule has 0 aliphatic heterocycles. The van der Waals surface area contributed by atoms with Gasteiger partial charge < -0.3 is 9.59 Å². The molecule has 0 aromatic carbocycles. The van der Waals surface area contributed by atoms with Gasteiger partial charge in [-0.15, -0.1) is 0 Å². The number of nitro groups is 1. The van der Waals surface area contributed by atoms with Crippen LogP contribution in [0.1, 0.15) is 11.6 Å². The Bertz CT molecular complexity index is 369. The van der Waals surface area contributed by atoms with Crippen molar-refractivity contribution in [2.75, 3.05) is 0 Å². The molecule has 0 atom stereocenters. The Hall–Kier alpha value is -2.11. The van der Waals surface area contributed by atoms with E-state index < -0.39 is 10.8 Å². The van der Waals surface area contributed by atoms with Crippen LogP contribution in [0.15, 0.2) is 18.3 Å². The van der Waals surface area contributed by atoms with Gasteiger partial charge in [-0.1, -0.05) is 0 Å². The molecule has 0 radical (unpaired) electrons. The molecule has 0 saturated carbocycles. The molecule has 1 aromatic rings. The first-order valence-corrected chi connectivity index (χ1v) is 3.70. The fourth-order valence-electron chi connectivity index (χ4n) is 0.981. The molecule has 0 bridgehead atoms. The molecule has 0 fully saturated rings. The van der Waals surface area contributed by atoms with Crippen LogP contribution in [0.4, 0.5) is 5.69 Å². The molecule has 1 aromatic heterocycles. The van der Waals surface area contributed by atoms with Crippen molar-refractivity contribution >= 4 is 18.3 Å². The summed E-state index contributed by atoms with van der Waals surface area (Å²) in [6.45, 7) is 0. The number of aldehydes is 2. The maximum absolute atomic E-state index is 10.5. The van der Waals surface area contributed by atoms with Gasteiger partial charge in [-0.3, -0.25) is 15.1 Å². The first kappa shape index (κ1) is 9.97. The SMILES string of the molecule is O=CC(C=O)c1ncccc1[N+](=O)[O-]. The number of carbonyl (C=O) groups is 2. The molecule has 14 heavy (non-hydrogen) atoms. The average molecular weight is 194 g/mol. The molecule has 0 saturated heterocycles. The summed E-state index contributed by atoms with van der Waals surface area (Å²) >= 11 is 0. The Balaban J connectivity index is 3.24. The predicted octanol–water partition coefficient (Wildman–Crippen LogP) is 0.471. The van der Waals surface area contributed by atoms with Crippen molar-refractivity contribution < 1.29 is 14.5 Å². The molecule has 0 unspecified atom stereocenters. The van der Waals surface area contributed by atoms with Gasteiger partial charge in [-0.05, 0) is 6.07 Å². The summed E-state index contributed by atoms with van der Waals surface area (Å²) in [6.07, 6.45) is 1.94. The van der Waals surface area contributed by atoms with Gasteiger partial charge in [0.1, 0.15) is 24.2 Å². The van der Waals surface area contributed by atoms with E-state index in [2.05, 4.69) is 4.98 Å². The highest BCUT2D eigenvalue weighted by molar-refractivity contribution is 5.85. The summed E-state index contributed by atoms with van der Waals surface area (Å²) in [5, 5.41) is 10.5. The van der Waals surface area contributed by atoms with Crippen molar-refractivity contribution in [3.05, 3.63) is 34.1 Å². The highest BCUT2D eigenvalue weighted by Gasteiger charge is 2.22. The van der Waals surface area contributed by atoms with Crippen molar-refractivity contribution in [1.82, 2.24) is 4.98 Å². The lowest BCUT2D eigenvalue weighted by Crippen LogP contribution is -2.07. The summed E-state index contributed by atoms with van der Waals surface area (Å²) in [4.78, 5) is 34.3. The molecular weight excluding hydrogens is 188 g/mol. The van der Waals surface area contributed by atoms with Crippen molar-refractivity contribution in [3.63, 3.8) is 0 Å². The third-order valence-corrected chi connectivity index (χ3v) is 1.62. The van der Waals surface area contributed by atoms with Gasteiger partial charge in [-0.2, -0.15) is 0 Å². The molecule has 0 aliphatic rings. The maximum Gasteiger partial charge on any atom is 0.291 e. The van der Waals surface area contributed by atoms with Crippen molar-refractivity contribution in [1.29, 1.82) is 0 Å². The molecule has 0 spiro atoms. The lowest BCUT2D eigenvalue weighted by atomic mass is 10.1. The lowest BCUT2D eigenvalue weighted by molar-refractivity contribution is -0.385. The minimum atomic E-state index is -1.17. The molecule has 6 nitrogen and oxygen atoms in total. The summed E-state index contributed by atoms with van der Waals surface area (Å²) < 4.78 is 0. The van der Waals surface area contributed by atoms with E-state index in [1.54, 1.807) is 0 Å². The number of aromatic nitrogens is 1. The lowest BCUT2D eigenvalue weighted by Gasteiger charge is -2.01. The second-order valence-electron chi connectivity index (χ2n) is 2.46. The van der Waals surface area contributed by atoms with E-state index >= 15 is 0 Å². The van der Waals surface area contributed by atoms with Crippen molar-refractivity contribution in [2.45, 2.75) is 5.92 Å². The van der Waals surface area contributed by atoms with E-state index in [1.807, 2.05) is 0 Å². The van der Waals surface area contributed by atoms with E-state index in [0.717, 1.165) is 0 Å². The van der Waals surface area contributed by atoms with Crippen LogP contribution < -0.4 is 0 Å². The second-order valence-corrected chi connectivity index (χ2v) is 2.46. The van der Waals surface area contributed by atoms with Crippen LogP contribution >= 0.6 is 0 Å². The predicted molar refractivity (Wildman–Crippen MR) is 45.8 cm³/mol. The Morgan fingerprint density at radius 3 is 2.57 bits per heavy atom. The highest BCUT2D eigenvalue weighted by atomic mass is 16.6. The fraction of sp³-hybridized carbons (Fsp3) is 0.125. The summed E-state index contributed by atoms with van der Waals surface area (Å²) in [5.74, 6) is -1.17. The van der Waals surface area contributed by atoms with Crippen molar-refractivity contribution in [2.24, 2.45) is 0 Å². The summed E-state index contributed by atoms with van der Waals surface area (Å²) in [5.41, 5.74) is -0.445. The summed E-state index contributed by atoms with van der Waals surface area (Å²) in [7, 11) is 0. The third-order valence-electron chi connectivity index (χ3n) is 1.62. The van der Waals surface area contributed by atoms with E-state index in [9.17, 15) is 19.7 Å². The van der Waals surface area contributed by atoms with Gasteiger partial charge >= 0.3 is 0 Å². The number of hydrogen-bond acceptors (Lipinski definition) is 5. The number of hydrogen-bond donors (Lipinski definition) is 0. The standard InChI is InChI=1S/C8H6N2O4/c11-4-6(5-12)8-7(10(13)14)2-1-3-9-8/h1-6H. The topological polar surface area (TPSA) is 90.2 Å². The van der Waals surface area contributed by atoms with E-state index in [4.69, 9.17) is 0 Å². The Kier molecular flexibility index (Phi) is 3.01. The van der Waals surface area contributed by atoms with E-state index in [-0.39, 0.29) is 11.4 Å². The van der Waals surface area contributed by atoms with Crippen molar-refractivity contribution in [3.8, 4) is 0 Å². The zero-order chi connectivity index (χ0) is 10.6. The number of rotatable bonds is 4. The first-order chi connectivity index (χ1) is 6.70. The van der Waals surface area contributed by atoms with Gasteiger partial charge in [0, 0.05) is 12.3 Å². The van der Waals surface area contributed by atoms with Crippen LogP contribution in [0.3, 0.4) is 0 Å². The minimum Gasteiger partial charge on any atom is -0.302 e. The van der Waals surface area contributed by atoms with Gasteiger partial charge in [0.15, 0.2) is 0 Å². The Morgan fingerprint density at radius 2 is 2.07 bits per heavy atom. The third kappa shape index (κ3) is 1.79. The van der Waals surface area contributed by atoms with Crippen LogP contribution in [-0.4, -0.2) is 22.5 Å². The smallest absolute Gasteiger partial charge is 0.291 e. The van der Waals surface area contributed by atoms with Crippen LogP contribution in [0.25, 0.3) is 0 Å². The van der Waals surface area contributed by atoms with Crippen LogP contribution in [0.2, 0.25) is 0 Å². The van der Waals surface area contributed by atoms with Crippen LogP contribution in [-0.2, 0) is 9.59 Å². The maximum atomic E-state index is 10.5. The number of carbonyl (C=O) groups excluding carboxylic acids is 2. The first-order valence-electron chi connectivity index (χ1n) is 3.70. The van der Waals surface area contributed by atoms with E-state index in [0.29, 0.717) is 12.6 Å². The largest absolute Gasteiger partial charge is 0.302 e. The Morgan fingerprint density at radius 1 is 1.43 bits per heavy atom. The van der Waals surface area contributed by atoms with Gasteiger partial charge in [0.2, 0.25) is 0 Å². The second kappa shape index (κ2) is 4.22. The number of pyridine rings is 1. The van der Waals surface area contributed by atoms with Crippen LogP contribution in [0.5, 0.6) is 0 Å². The molecule has 0 aliphatic carbocycles. The minimum absolute atomic E-state index is 0.123. The monoisotopic (exact) mass is 194 g/mol. The molecular formula is C8H6N2O4. The normalized spacial score (nSPS) is 9.79. The molecule has 72 valence electrons. The zero-order valence-corrected chi connectivity index (χ0v) is 6.99. The molecule has 0 amide bonds. The highest BCUT2D eigenvalue weighted by Crippen LogP contribution is 2.20. The van der Waals surface area contributed by atoms with Crippen LogP contribution in [0, 0.1) is 10.1 Å². The summed E-state index contributed by atoms with van der Waals surface area (Å²) in [6, 6.07) is 2.57. The fourth-order valence-corrected chi connectivity index (χ4v) is 0.981. The molecule has 1 rings (SSSR count). The average Bonchev–Trinajstić information content (AvgIpc) is 2.20.